The molecule has 5 rings (SSSR count). The number of nitrogens with zero attached hydrogens (tertiary/aromatic N) is 4. The molecule has 0 bridgehead atoms. The van der Waals surface area contributed by atoms with Crippen molar-refractivity contribution in [3.05, 3.63) is 97.9 Å². The van der Waals surface area contributed by atoms with Crippen LogP contribution in [0.5, 0.6) is 0 Å². The summed E-state index contributed by atoms with van der Waals surface area (Å²) in [4.78, 5) is 16.8. The van der Waals surface area contributed by atoms with Gasteiger partial charge in [-0.3, -0.25) is 9.36 Å². The summed E-state index contributed by atoms with van der Waals surface area (Å²) in [5, 5.41) is 5.06. The Morgan fingerprint density at radius 1 is 1.06 bits per heavy atom. The molecule has 0 saturated carbocycles. The number of fused-ring (bicyclic) bond motifs is 1. The molecule has 3 aromatic carbocycles. The average Bonchev–Trinajstić information content (AvgIpc) is 3.44. The second kappa shape index (κ2) is 9.79. The van der Waals surface area contributed by atoms with Crippen molar-refractivity contribution in [1.82, 2.24) is 19.0 Å². The molecule has 0 aliphatic rings. The largest absolute Gasteiger partial charge is 0.338 e. The Kier molecular flexibility index (Phi) is 6.71. The van der Waals surface area contributed by atoms with Crippen molar-refractivity contribution in [3.8, 4) is 11.4 Å². The quantitative estimate of drug-likeness (QED) is 0.268. The Morgan fingerprint density at radius 3 is 2.56 bits per heavy atom. The van der Waals surface area contributed by atoms with Gasteiger partial charge in [-0.25, -0.2) is 8.42 Å². The molecule has 5 aromatic rings. The molecule has 0 spiro atoms. The van der Waals surface area contributed by atoms with Crippen molar-refractivity contribution in [2.24, 2.45) is 0 Å². The van der Waals surface area contributed by atoms with Gasteiger partial charge in [-0.2, -0.15) is 9.29 Å². The number of rotatable bonds is 7. The molecule has 0 aliphatic heterocycles. The van der Waals surface area contributed by atoms with Crippen LogP contribution in [0.25, 0.3) is 21.6 Å². The van der Waals surface area contributed by atoms with Gasteiger partial charge in [0.2, 0.25) is 21.7 Å². The average molecular weight is 561 g/mol. The minimum Gasteiger partial charge on any atom is -0.338 e. The van der Waals surface area contributed by atoms with Crippen LogP contribution in [0.4, 0.5) is 0 Å². The van der Waals surface area contributed by atoms with E-state index in [9.17, 15) is 13.2 Å². The molecular weight excluding hydrogens is 543 g/mol. The van der Waals surface area contributed by atoms with Crippen molar-refractivity contribution >= 4 is 54.8 Å². The maximum Gasteiger partial charge on any atom is 0.308 e. The number of aromatic nitrogens is 3. The molecular formula is C24H18Cl2N4O4S2. The van der Waals surface area contributed by atoms with Crippen LogP contribution in [-0.2, 0) is 23.1 Å². The molecule has 36 heavy (non-hydrogen) atoms. The fourth-order valence-electron chi connectivity index (χ4n) is 3.64. The van der Waals surface area contributed by atoms with Crippen molar-refractivity contribution in [3.63, 3.8) is 0 Å². The lowest BCUT2D eigenvalue weighted by Crippen LogP contribution is -2.26. The summed E-state index contributed by atoms with van der Waals surface area (Å²) in [7, 11) is -2.47. The molecule has 0 amide bonds. The Labute approximate surface area is 220 Å². The zero-order chi connectivity index (χ0) is 25.4. The van der Waals surface area contributed by atoms with E-state index in [0.29, 0.717) is 31.6 Å². The molecule has 2 heterocycles. The lowest BCUT2D eigenvalue weighted by Gasteiger charge is -2.15. The standard InChI is InChI=1S/C24H18Cl2N4O4S2/c1-29(14-22-27-23(28-34-22)15-6-8-17(25)9-7-15)36(32,33)18-10-11-20-21(12-18)35-24(31)30(20)13-16-4-2-3-5-19(16)26/h2-12H,13-14H2,1H3. The molecule has 0 aliphatic carbocycles. The molecule has 12 heteroatoms. The highest BCUT2D eigenvalue weighted by Gasteiger charge is 2.24. The number of benzene rings is 3. The van der Waals surface area contributed by atoms with E-state index in [2.05, 4.69) is 10.1 Å². The van der Waals surface area contributed by atoms with Crippen molar-refractivity contribution in [2.75, 3.05) is 7.05 Å². The van der Waals surface area contributed by atoms with Crippen LogP contribution in [0.2, 0.25) is 10.0 Å². The number of halogens is 2. The van der Waals surface area contributed by atoms with Gasteiger partial charge in [-0.05, 0) is 54.1 Å². The van der Waals surface area contributed by atoms with Crippen LogP contribution in [0, 0.1) is 0 Å². The van der Waals surface area contributed by atoms with Gasteiger partial charge >= 0.3 is 4.87 Å². The highest BCUT2D eigenvalue weighted by atomic mass is 35.5. The Hall–Kier alpha value is -3.02. The summed E-state index contributed by atoms with van der Waals surface area (Å²) >= 11 is 13.1. The fraction of sp³-hybridized carbons (Fsp3) is 0.125. The first-order valence-electron chi connectivity index (χ1n) is 10.6. The first-order chi connectivity index (χ1) is 17.2. The summed E-state index contributed by atoms with van der Waals surface area (Å²) in [6.07, 6.45) is 0. The third kappa shape index (κ3) is 4.82. The van der Waals surface area contributed by atoms with E-state index in [1.165, 1.54) is 19.2 Å². The normalized spacial score (nSPS) is 12.0. The van der Waals surface area contributed by atoms with Gasteiger partial charge in [0.1, 0.15) is 0 Å². The number of thiazole rings is 1. The monoisotopic (exact) mass is 560 g/mol. The zero-order valence-corrected chi connectivity index (χ0v) is 21.9. The minimum atomic E-state index is -3.90. The third-order valence-electron chi connectivity index (χ3n) is 5.56. The SMILES string of the molecule is CN(Cc1nc(-c2ccc(Cl)cc2)no1)S(=O)(=O)c1ccc2c(c1)sc(=O)n2Cc1ccccc1Cl. The van der Waals surface area contributed by atoms with E-state index in [1.807, 2.05) is 18.2 Å². The number of sulfonamides is 1. The molecule has 2 aromatic heterocycles. The Balaban J connectivity index is 1.39. The predicted molar refractivity (Wildman–Crippen MR) is 140 cm³/mol. The fourth-order valence-corrected chi connectivity index (χ4v) is 6.12. The maximum absolute atomic E-state index is 13.2. The molecule has 0 radical (unpaired) electrons. The molecule has 0 unspecified atom stereocenters. The smallest absolute Gasteiger partial charge is 0.308 e. The minimum absolute atomic E-state index is 0.0566. The van der Waals surface area contributed by atoms with Crippen LogP contribution < -0.4 is 4.87 Å². The van der Waals surface area contributed by atoms with E-state index in [4.69, 9.17) is 27.7 Å². The second-order valence-electron chi connectivity index (χ2n) is 7.95. The molecule has 0 fully saturated rings. The van der Waals surface area contributed by atoms with Gasteiger partial charge in [-0.1, -0.05) is 57.9 Å². The highest BCUT2D eigenvalue weighted by Crippen LogP contribution is 2.26. The van der Waals surface area contributed by atoms with Crippen LogP contribution in [0.1, 0.15) is 11.5 Å². The maximum atomic E-state index is 13.2. The van der Waals surface area contributed by atoms with Gasteiger partial charge in [-0.15, -0.1) is 0 Å². The Bertz CT molecular complexity index is 1730. The molecule has 0 saturated heterocycles. The lowest BCUT2D eigenvalue weighted by atomic mass is 10.2. The van der Waals surface area contributed by atoms with Crippen molar-refractivity contribution in [2.45, 2.75) is 18.0 Å². The summed E-state index contributed by atoms with van der Waals surface area (Å²) in [5.41, 5.74) is 2.13. The first kappa shape index (κ1) is 24.7. The molecule has 184 valence electrons. The summed E-state index contributed by atoms with van der Waals surface area (Å²) < 4.78 is 35.0. The highest BCUT2D eigenvalue weighted by molar-refractivity contribution is 7.89. The number of hydrogen-bond donors (Lipinski definition) is 0. The van der Waals surface area contributed by atoms with E-state index in [0.717, 1.165) is 21.2 Å². The van der Waals surface area contributed by atoms with Crippen LogP contribution in [-0.4, -0.2) is 34.5 Å². The second-order valence-corrected chi connectivity index (χ2v) is 11.8. The van der Waals surface area contributed by atoms with Crippen LogP contribution >= 0.6 is 34.5 Å². The summed E-state index contributed by atoms with van der Waals surface area (Å²) in [6.45, 7) is 0.169. The molecule has 8 nitrogen and oxygen atoms in total. The first-order valence-corrected chi connectivity index (χ1v) is 13.7. The predicted octanol–water partition coefficient (Wildman–Crippen LogP) is 5.29. The van der Waals surface area contributed by atoms with Gasteiger partial charge in [0, 0.05) is 22.7 Å². The molecule has 0 N–H and O–H groups in total. The Morgan fingerprint density at radius 2 is 1.81 bits per heavy atom. The number of hydrogen-bond acceptors (Lipinski definition) is 7. The van der Waals surface area contributed by atoms with Gasteiger partial charge in [0.15, 0.2) is 0 Å². The van der Waals surface area contributed by atoms with E-state index in [1.54, 1.807) is 41.0 Å². The third-order valence-corrected chi connectivity index (χ3v) is 8.92. The topological polar surface area (TPSA) is 98.3 Å². The van der Waals surface area contributed by atoms with Crippen molar-refractivity contribution < 1.29 is 12.9 Å². The van der Waals surface area contributed by atoms with E-state index >= 15 is 0 Å². The summed E-state index contributed by atoms with van der Waals surface area (Å²) in [5.74, 6) is 0.473. The lowest BCUT2D eigenvalue weighted by molar-refractivity contribution is 0.337. The van der Waals surface area contributed by atoms with E-state index < -0.39 is 10.0 Å². The van der Waals surface area contributed by atoms with Gasteiger partial charge in [0.25, 0.3) is 0 Å². The van der Waals surface area contributed by atoms with E-state index in [-0.39, 0.29) is 28.7 Å². The van der Waals surface area contributed by atoms with Gasteiger partial charge < -0.3 is 4.52 Å². The van der Waals surface area contributed by atoms with Gasteiger partial charge in [0.05, 0.1) is 28.2 Å². The zero-order valence-electron chi connectivity index (χ0n) is 18.8. The summed E-state index contributed by atoms with van der Waals surface area (Å²) in [6, 6.07) is 18.8. The van der Waals surface area contributed by atoms with Crippen LogP contribution in [0.3, 0.4) is 0 Å². The molecule has 0 atom stereocenters. The van der Waals surface area contributed by atoms with Crippen LogP contribution in [0.15, 0.2) is 80.9 Å². The van der Waals surface area contributed by atoms with Crippen molar-refractivity contribution in [1.29, 1.82) is 0 Å².